The zero-order valence-electron chi connectivity index (χ0n) is 12.9. The van der Waals surface area contributed by atoms with Crippen LogP contribution in [0.15, 0.2) is 48.7 Å². The zero-order valence-corrected chi connectivity index (χ0v) is 12.9. The normalized spacial score (nSPS) is 11.7. The maximum Gasteiger partial charge on any atom is 0.319 e. The number of ether oxygens (including phenoxy) is 1. The van der Waals surface area contributed by atoms with Gasteiger partial charge in [0, 0.05) is 24.1 Å². The van der Waals surface area contributed by atoms with Gasteiger partial charge in [0.1, 0.15) is 0 Å². The first-order chi connectivity index (χ1) is 10.7. The van der Waals surface area contributed by atoms with Gasteiger partial charge in [-0.2, -0.15) is 0 Å². The van der Waals surface area contributed by atoms with E-state index < -0.39 is 0 Å². The molecule has 0 aliphatic heterocycles. The maximum atomic E-state index is 12.1. The second-order valence-corrected chi connectivity index (χ2v) is 4.87. The van der Waals surface area contributed by atoms with E-state index in [9.17, 15) is 4.79 Å². The van der Waals surface area contributed by atoms with E-state index in [0.717, 1.165) is 16.9 Å². The number of nitrogens with zero attached hydrogens (tertiary/aromatic N) is 1. The molecule has 1 atom stereocenters. The third kappa shape index (κ3) is 4.56. The summed E-state index contributed by atoms with van der Waals surface area (Å²) >= 11 is 0. The van der Waals surface area contributed by atoms with Crippen molar-refractivity contribution in [2.45, 2.75) is 26.5 Å². The van der Waals surface area contributed by atoms with Crippen LogP contribution in [0.25, 0.3) is 0 Å². The summed E-state index contributed by atoms with van der Waals surface area (Å²) < 4.78 is 5.41. The number of urea groups is 1. The molecule has 0 aliphatic rings. The van der Waals surface area contributed by atoms with Crippen molar-refractivity contribution in [3.8, 4) is 0 Å². The van der Waals surface area contributed by atoms with E-state index in [2.05, 4.69) is 15.6 Å². The smallest absolute Gasteiger partial charge is 0.319 e. The number of nitrogens with one attached hydrogen (secondary N) is 2. The number of carbonyl (C=O) groups is 1. The van der Waals surface area contributed by atoms with Crippen LogP contribution >= 0.6 is 0 Å². The Morgan fingerprint density at radius 1 is 1.23 bits per heavy atom. The van der Waals surface area contributed by atoms with Crippen molar-refractivity contribution in [2.75, 3.05) is 11.9 Å². The van der Waals surface area contributed by atoms with Crippen LogP contribution in [0.5, 0.6) is 0 Å². The molecular weight excluding hydrogens is 278 g/mol. The number of aromatic nitrogens is 1. The number of carbonyl (C=O) groups excluding carboxylic acids is 1. The van der Waals surface area contributed by atoms with E-state index >= 15 is 0 Å². The highest BCUT2D eigenvalue weighted by Gasteiger charge is 2.11. The molecule has 5 heteroatoms. The van der Waals surface area contributed by atoms with Crippen LogP contribution < -0.4 is 10.6 Å². The second-order valence-electron chi connectivity index (χ2n) is 4.87. The van der Waals surface area contributed by atoms with Gasteiger partial charge in [0.15, 0.2) is 0 Å². The number of amides is 2. The standard InChI is InChI=1S/C17H21N3O2/c1-3-22-12-14-8-4-5-10-16(14)20-17(21)19-13(2)15-9-6-7-11-18-15/h4-11,13H,3,12H2,1-2H3,(H2,19,20,21). The molecule has 116 valence electrons. The molecule has 2 amide bonds. The van der Waals surface area contributed by atoms with Gasteiger partial charge in [-0.05, 0) is 32.0 Å². The van der Waals surface area contributed by atoms with Crippen LogP contribution in [0.1, 0.15) is 31.1 Å². The quantitative estimate of drug-likeness (QED) is 0.858. The van der Waals surface area contributed by atoms with Crippen LogP contribution in [-0.2, 0) is 11.3 Å². The van der Waals surface area contributed by atoms with Crippen LogP contribution in [0.4, 0.5) is 10.5 Å². The Hall–Kier alpha value is -2.40. The number of anilines is 1. The summed E-state index contributed by atoms with van der Waals surface area (Å²) in [6.07, 6.45) is 1.71. The summed E-state index contributed by atoms with van der Waals surface area (Å²) in [6, 6.07) is 12.8. The summed E-state index contributed by atoms with van der Waals surface area (Å²) in [6.45, 7) is 4.95. The minimum Gasteiger partial charge on any atom is -0.377 e. The average molecular weight is 299 g/mol. The molecule has 1 aromatic heterocycles. The van der Waals surface area contributed by atoms with Gasteiger partial charge in [-0.3, -0.25) is 4.98 Å². The van der Waals surface area contributed by atoms with Gasteiger partial charge >= 0.3 is 6.03 Å². The fraction of sp³-hybridized carbons (Fsp3) is 0.294. The van der Waals surface area contributed by atoms with Crippen molar-refractivity contribution in [2.24, 2.45) is 0 Å². The van der Waals surface area contributed by atoms with Crippen LogP contribution in [0.2, 0.25) is 0 Å². The van der Waals surface area contributed by atoms with Crippen molar-refractivity contribution in [3.63, 3.8) is 0 Å². The number of benzene rings is 1. The van der Waals surface area contributed by atoms with Gasteiger partial charge in [0.25, 0.3) is 0 Å². The molecule has 0 saturated carbocycles. The molecule has 2 rings (SSSR count). The number of rotatable bonds is 6. The monoisotopic (exact) mass is 299 g/mol. The van der Waals surface area contributed by atoms with Gasteiger partial charge in [0.05, 0.1) is 18.3 Å². The van der Waals surface area contributed by atoms with E-state index in [1.165, 1.54) is 0 Å². The minimum absolute atomic E-state index is 0.166. The predicted octanol–water partition coefficient (Wildman–Crippen LogP) is 3.50. The number of hydrogen-bond acceptors (Lipinski definition) is 3. The molecule has 0 fully saturated rings. The molecule has 1 unspecified atom stereocenters. The Morgan fingerprint density at radius 2 is 2.00 bits per heavy atom. The fourth-order valence-electron chi connectivity index (χ4n) is 2.04. The van der Waals surface area contributed by atoms with E-state index in [-0.39, 0.29) is 12.1 Å². The number of hydrogen-bond donors (Lipinski definition) is 2. The van der Waals surface area contributed by atoms with Crippen molar-refractivity contribution < 1.29 is 9.53 Å². The van der Waals surface area contributed by atoms with Crippen molar-refractivity contribution in [1.29, 1.82) is 0 Å². The molecule has 22 heavy (non-hydrogen) atoms. The average Bonchev–Trinajstić information content (AvgIpc) is 2.54. The lowest BCUT2D eigenvalue weighted by molar-refractivity contribution is 0.134. The largest absolute Gasteiger partial charge is 0.377 e. The lowest BCUT2D eigenvalue weighted by atomic mass is 10.2. The molecule has 0 spiro atoms. The summed E-state index contributed by atoms with van der Waals surface area (Å²) in [5.41, 5.74) is 2.52. The Balaban J connectivity index is 1.97. The van der Waals surface area contributed by atoms with E-state index in [1.54, 1.807) is 6.20 Å². The first kappa shape index (κ1) is 16.0. The molecular formula is C17H21N3O2. The maximum absolute atomic E-state index is 12.1. The molecule has 1 heterocycles. The first-order valence-electron chi connectivity index (χ1n) is 7.34. The highest BCUT2D eigenvalue weighted by Crippen LogP contribution is 2.16. The van der Waals surface area contributed by atoms with E-state index in [1.807, 2.05) is 56.3 Å². The van der Waals surface area contributed by atoms with Crippen LogP contribution in [0, 0.1) is 0 Å². The van der Waals surface area contributed by atoms with E-state index in [4.69, 9.17) is 4.74 Å². The van der Waals surface area contributed by atoms with Crippen molar-refractivity contribution in [3.05, 3.63) is 59.9 Å². The molecule has 2 N–H and O–H groups in total. The van der Waals surface area contributed by atoms with Crippen molar-refractivity contribution >= 4 is 11.7 Å². The van der Waals surface area contributed by atoms with Gasteiger partial charge in [-0.1, -0.05) is 24.3 Å². The predicted molar refractivity (Wildman–Crippen MR) is 86.6 cm³/mol. The Bertz CT molecular complexity index is 602. The van der Waals surface area contributed by atoms with Gasteiger partial charge in [-0.15, -0.1) is 0 Å². The fourth-order valence-corrected chi connectivity index (χ4v) is 2.04. The third-order valence-electron chi connectivity index (χ3n) is 3.21. The van der Waals surface area contributed by atoms with E-state index in [0.29, 0.717) is 13.2 Å². The summed E-state index contributed by atoms with van der Waals surface area (Å²) in [4.78, 5) is 16.4. The molecule has 0 radical (unpaired) electrons. The molecule has 5 nitrogen and oxygen atoms in total. The first-order valence-corrected chi connectivity index (χ1v) is 7.34. The van der Waals surface area contributed by atoms with Crippen molar-refractivity contribution in [1.82, 2.24) is 10.3 Å². The Labute approximate surface area is 130 Å². The number of para-hydroxylation sites is 1. The molecule has 0 bridgehead atoms. The third-order valence-corrected chi connectivity index (χ3v) is 3.21. The summed E-state index contributed by atoms with van der Waals surface area (Å²) in [5, 5.41) is 5.74. The summed E-state index contributed by atoms with van der Waals surface area (Å²) in [7, 11) is 0. The summed E-state index contributed by atoms with van der Waals surface area (Å²) in [5.74, 6) is 0. The zero-order chi connectivity index (χ0) is 15.8. The number of pyridine rings is 1. The molecule has 1 aromatic carbocycles. The molecule has 0 aliphatic carbocycles. The SMILES string of the molecule is CCOCc1ccccc1NC(=O)NC(C)c1ccccn1. The highest BCUT2D eigenvalue weighted by molar-refractivity contribution is 5.90. The van der Waals surface area contributed by atoms with Crippen LogP contribution in [0.3, 0.4) is 0 Å². The van der Waals surface area contributed by atoms with Gasteiger partial charge < -0.3 is 15.4 Å². The minimum atomic E-state index is -0.262. The lowest BCUT2D eigenvalue weighted by Gasteiger charge is -2.16. The van der Waals surface area contributed by atoms with Crippen LogP contribution in [-0.4, -0.2) is 17.6 Å². The Morgan fingerprint density at radius 3 is 2.73 bits per heavy atom. The molecule has 2 aromatic rings. The molecule has 0 saturated heterocycles. The lowest BCUT2D eigenvalue weighted by Crippen LogP contribution is -2.31. The van der Waals surface area contributed by atoms with Gasteiger partial charge in [-0.25, -0.2) is 4.79 Å². The topological polar surface area (TPSA) is 63.2 Å². The second kappa shape index (κ2) is 8.14. The Kier molecular flexibility index (Phi) is 5.91. The highest BCUT2D eigenvalue weighted by atomic mass is 16.5. The van der Waals surface area contributed by atoms with Gasteiger partial charge in [0.2, 0.25) is 0 Å².